The molecule has 3 heterocycles. The minimum absolute atomic E-state index is 0.0900. The maximum Gasteiger partial charge on any atom is 0.221 e. The Balaban J connectivity index is 1.72. The maximum absolute atomic E-state index is 11.2. The number of nitrogens with one attached hydrogen (secondary N) is 1. The lowest BCUT2D eigenvalue weighted by atomic mass is 10.1. The van der Waals surface area contributed by atoms with Gasteiger partial charge in [0.25, 0.3) is 0 Å². The van der Waals surface area contributed by atoms with Gasteiger partial charge in [0.2, 0.25) is 11.1 Å². The first-order valence-corrected chi connectivity index (χ1v) is 8.99. The van der Waals surface area contributed by atoms with E-state index in [1.807, 2.05) is 36.4 Å². The molecule has 4 rings (SSSR count). The highest BCUT2D eigenvalue weighted by molar-refractivity contribution is 8.00. The van der Waals surface area contributed by atoms with E-state index in [4.69, 9.17) is 5.10 Å². The van der Waals surface area contributed by atoms with Crippen molar-refractivity contribution in [2.24, 2.45) is 5.10 Å². The monoisotopic (exact) mass is 364 g/mol. The van der Waals surface area contributed by atoms with E-state index in [0.29, 0.717) is 5.82 Å². The van der Waals surface area contributed by atoms with E-state index < -0.39 is 0 Å². The van der Waals surface area contributed by atoms with E-state index in [-0.39, 0.29) is 11.2 Å². The van der Waals surface area contributed by atoms with Gasteiger partial charge in [-0.15, -0.1) is 10.2 Å². The van der Waals surface area contributed by atoms with Gasteiger partial charge in [-0.25, -0.2) is 0 Å². The Morgan fingerprint density at radius 1 is 1.08 bits per heavy atom. The summed E-state index contributed by atoms with van der Waals surface area (Å²) in [6.45, 7) is 3.58. The number of fused-ring (bicyclic) bond motifs is 1. The molecule has 26 heavy (non-hydrogen) atoms. The van der Waals surface area contributed by atoms with Crippen molar-refractivity contribution in [2.45, 2.75) is 24.3 Å². The number of amides is 1. The molecule has 0 saturated heterocycles. The van der Waals surface area contributed by atoms with Crippen molar-refractivity contribution < 1.29 is 4.79 Å². The second kappa shape index (κ2) is 6.72. The lowest BCUT2D eigenvalue weighted by Gasteiger charge is -2.20. The molecule has 0 saturated carbocycles. The fraction of sp³-hybridized carbons (Fsp3) is 0.167. The predicted molar refractivity (Wildman–Crippen MR) is 101 cm³/mol. The van der Waals surface area contributed by atoms with Crippen molar-refractivity contribution in [1.82, 2.24) is 19.9 Å². The lowest BCUT2D eigenvalue weighted by Crippen LogP contribution is -2.21. The standard InChI is InChI=1S/C18H16N6OS/c1-11-16(13-3-5-15(6-4-13)20-12(2)25)23-24-17(21-22-18(24)26-11)14-7-9-19-10-8-14/h3-11H,1-2H3,(H,20,25). The molecule has 3 aromatic rings. The summed E-state index contributed by atoms with van der Waals surface area (Å²) in [5.41, 5.74) is 3.62. The summed E-state index contributed by atoms with van der Waals surface area (Å²) < 4.78 is 1.77. The lowest BCUT2D eigenvalue weighted by molar-refractivity contribution is -0.114. The van der Waals surface area contributed by atoms with Crippen LogP contribution in [0.15, 0.2) is 59.0 Å². The van der Waals surface area contributed by atoms with Crippen molar-refractivity contribution in [3.8, 4) is 11.4 Å². The molecular formula is C18H16N6OS. The van der Waals surface area contributed by atoms with Crippen LogP contribution in [0.3, 0.4) is 0 Å². The molecule has 1 atom stereocenters. The number of nitrogens with zero attached hydrogens (tertiary/aromatic N) is 5. The summed E-state index contributed by atoms with van der Waals surface area (Å²) >= 11 is 1.62. The summed E-state index contributed by atoms with van der Waals surface area (Å²) in [7, 11) is 0. The van der Waals surface area contributed by atoms with Crippen LogP contribution in [0.2, 0.25) is 0 Å². The number of anilines is 1. The number of hydrogen-bond donors (Lipinski definition) is 1. The molecule has 2 aromatic heterocycles. The summed E-state index contributed by atoms with van der Waals surface area (Å²) in [4.78, 5) is 15.2. The number of benzene rings is 1. The second-order valence-corrected chi connectivity index (χ2v) is 7.17. The first kappa shape index (κ1) is 16.5. The topological polar surface area (TPSA) is 85.1 Å². The van der Waals surface area contributed by atoms with Gasteiger partial charge >= 0.3 is 0 Å². The fourth-order valence-corrected chi connectivity index (χ4v) is 3.66. The average Bonchev–Trinajstić information content (AvgIpc) is 3.05. The third-order valence-electron chi connectivity index (χ3n) is 3.93. The van der Waals surface area contributed by atoms with Crippen LogP contribution in [0.4, 0.5) is 5.69 Å². The van der Waals surface area contributed by atoms with Crippen LogP contribution in [0, 0.1) is 0 Å². The number of thioether (sulfide) groups is 1. The molecule has 7 nitrogen and oxygen atoms in total. The molecule has 1 N–H and O–H groups in total. The molecule has 0 spiro atoms. The smallest absolute Gasteiger partial charge is 0.221 e. The van der Waals surface area contributed by atoms with E-state index in [1.54, 1.807) is 28.8 Å². The Labute approximate surface area is 154 Å². The van der Waals surface area contributed by atoms with Crippen molar-refractivity contribution in [2.75, 3.05) is 5.32 Å². The largest absolute Gasteiger partial charge is 0.326 e. The molecule has 0 bridgehead atoms. The number of carbonyl (C=O) groups is 1. The zero-order valence-electron chi connectivity index (χ0n) is 14.2. The van der Waals surface area contributed by atoms with E-state index in [0.717, 1.165) is 27.7 Å². The quantitative estimate of drug-likeness (QED) is 0.772. The first-order valence-electron chi connectivity index (χ1n) is 8.11. The summed E-state index contributed by atoms with van der Waals surface area (Å²) in [6.07, 6.45) is 3.45. The molecule has 0 aliphatic carbocycles. The summed E-state index contributed by atoms with van der Waals surface area (Å²) in [5, 5.41) is 17.0. The van der Waals surface area contributed by atoms with Gasteiger partial charge in [-0.3, -0.25) is 9.78 Å². The van der Waals surface area contributed by atoms with Gasteiger partial charge in [-0.1, -0.05) is 23.9 Å². The van der Waals surface area contributed by atoms with Crippen LogP contribution < -0.4 is 5.32 Å². The van der Waals surface area contributed by atoms with Crippen LogP contribution in [0.5, 0.6) is 0 Å². The fourth-order valence-electron chi connectivity index (χ4n) is 2.73. The van der Waals surface area contributed by atoms with Gasteiger partial charge in [-0.05, 0) is 36.8 Å². The minimum atomic E-state index is -0.0900. The summed E-state index contributed by atoms with van der Waals surface area (Å²) in [6, 6.07) is 11.4. The van der Waals surface area contributed by atoms with E-state index in [1.165, 1.54) is 6.92 Å². The molecule has 1 aromatic carbocycles. The predicted octanol–water partition coefficient (Wildman–Crippen LogP) is 3.05. The minimum Gasteiger partial charge on any atom is -0.326 e. The number of rotatable bonds is 3. The molecule has 1 aliphatic heterocycles. The first-order chi connectivity index (χ1) is 12.6. The molecule has 130 valence electrons. The highest BCUT2D eigenvalue weighted by atomic mass is 32.2. The van der Waals surface area contributed by atoms with Crippen molar-refractivity contribution in [3.63, 3.8) is 0 Å². The molecular weight excluding hydrogens is 348 g/mol. The molecule has 1 unspecified atom stereocenters. The number of pyridine rings is 1. The van der Waals surface area contributed by atoms with Crippen LogP contribution in [0.1, 0.15) is 19.4 Å². The van der Waals surface area contributed by atoms with E-state index >= 15 is 0 Å². The van der Waals surface area contributed by atoms with Crippen LogP contribution in [-0.2, 0) is 4.79 Å². The Kier molecular flexibility index (Phi) is 4.26. The zero-order chi connectivity index (χ0) is 18.1. The van der Waals surface area contributed by atoms with Crippen LogP contribution in [-0.4, -0.2) is 36.7 Å². The second-order valence-electron chi connectivity index (χ2n) is 5.86. The number of hydrogen-bond acceptors (Lipinski definition) is 6. The van der Waals surface area contributed by atoms with Crippen LogP contribution in [0.25, 0.3) is 11.4 Å². The zero-order valence-corrected chi connectivity index (χ0v) is 15.1. The summed E-state index contributed by atoms with van der Waals surface area (Å²) in [5.74, 6) is 0.599. The van der Waals surface area contributed by atoms with Gasteiger partial charge in [-0.2, -0.15) is 9.78 Å². The van der Waals surface area contributed by atoms with Gasteiger partial charge in [0, 0.05) is 30.6 Å². The molecule has 1 amide bonds. The Bertz CT molecular complexity index is 981. The number of carbonyl (C=O) groups excluding carboxylic acids is 1. The van der Waals surface area contributed by atoms with Gasteiger partial charge in [0.1, 0.15) is 0 Å². The number of aromatic nitrogens is 4. The van der Waals surface area contributed by atoms with Gasteiger partial charge in [0.05, 0.1) is 11.0 Å². The van der Waals surface area contributed by atoms with Crippen molar-refractivity contribution >= 4 is 29.1 Å². The van der Waals surface area contributed by atoms with Gasteiger partial charge < -0.3 is 5.32 Å². The highest BCUT2D eigenvalue weighted by Crippen LogP contribution is 2.32. The van der Waals surface area contributed by atoms with Crippen LogP contribution >= 0.6 is 11.8 Å². The Hall–Kier alpha value is -3.00. The van der Waals surface area contributed by atoms with E-state index in [2.05, 4.69) is 27.4 Å². The van der Waals surface area contributed by atoms with E-state index in [9.17, 15) is 4.79 Å². The molecule has 8 heteroatoms. The Morgan fingerprint density at radius 3 is 2.50 bits per heavy atom. The third-order valence-corrected chi connectivity index (χ3v) is 4.97. The average molecular weight is 364 g/mol. The Morgan fingerprint density at radius 2 is 1.81 bits per heavy atom. The van der Waals surface area contributed by atoms with Gasteiger partial charge in [0.15, 0.2) is 5.82 Å². The maximum atomic E-state index is 11.2. The molecule has 0 radical (unpaired) electrons. The SMILES string of the molecule is CC(=O)Nc1ccc(C2=Nn3c(nnc3-c3ccncc3)SC2C)cc1. The van der Waals surface area contributed by atoms with Crippen molar-refractivity contribution in [1.29, 1.82) is 0 Å². The van der Waals surface area contributed by atoms with Crippen molar-refractivity contribution in [3.05, 3.63) is 54.4 Å². The highest BCUT2D eigenvalue weighted by Gasteiger charge is 2.26. The third kappa shape index (κ3) is 3.11. The normalized spacial score (nSPS) is 15.9. The molecule has 0 fully saturated rings. The molecule has 1 aliphatic rings.